The first-order valence-corrected chi connectivity index (χ1v) is 10.9. The van der Waals surface area contributed by atoms with Crippen LogP contribution in [0.15, 0.2) is 54.6 Å². The van der Waals surface area contributed by atoms with E-state index in [0.29, 0.717) is 17.5 Å². The second-order valence-electron chi connectivity index (χ2n) is 7.67. The van der Waals surface area contributed by atoms with Crippen molar-refractivity contribution >= 4 is 39.9 Å². The van der Waals surface area contributed by atoms with Crippen molar-refractivity contribution in [3.63, 3.8) is 0 Å². The highest BCUT2D eigenvalue weighted by atomic mass is 35.5. The van der Waals surface area contributed by atoms with Crippen molar-refractivity contribution in [3.05, 3.63) is 87.7 Å². The number of imidazole rings is 1. The van der Waals surface area contributed by atoms with Crippen LogP contribution in [0.5, 0.6) is 11.5 Å². The summed E-state index contributed by atoms with van der Waals surface area (Å²) in [4.78, 5) is 19.8. The molecule has 1 fully saturated rings. The van der Waals surface area contributed by atoms with E-state index < -0.39 is 11.7 Å². The molecule has 5 nitrogen and oxygen atoms in total. The normalized spacial score (nSPS) is 13.3. The van der Waals surface area contributed by atoms with Crippen molar-refractivity contribution in [2.75, 3.05) is 0 Å². The molecular weight excluding hydrogens is 452 g/mol. The first kappa shape index (κ1) is 20.8. The minimum absolute atomic E-state index is 0.0737. The van der Waals surface area contributed by atoms with E-state index in [1.54, 1.807) is 12.1 Å². The standard InChI is InChI=1S/C24H18Cl2FN3O2/c25-17-11-10-15(12-28-24(31)20-22(26)30-23(29-20)14-8-9-14)19(27)21(17)32-18-7-3-5-13-4-1-2-6-16(13)18/h1-7,10-11,14H,8-9,12H2,(H,28,31)(H,29,30). The predicted molar refractivity (Wildman–Crippen MR) is 122 cm³/mol. The van der Waals surface area contributed by atoms with Crippen LogP contribution in [0.25, 0.3) is 10.8 Å². The van der Waals surface area contributed by atoms with E-state index in [4.69, 9.17) is 27.9 Å². The number of carbonyl (C=O) groups excluding carboxylic acids is 1. The van der Waals surface area contributed by atoms with Crippen molar-refractivity contribution in [3.8, 4) is 11.5 Å². The number of amides is 1. The first-order chi connectivity index (χ1) is 15.5. The van der Waals surface area contributed by atoms with Gasteiger partial charge in [-0.1, -0.05) is 65.7 Å². The van der Waals surface area contributed by atoms with Gasteiger partial charge in [-0.25, -0.2) is 9.37 Å². The van der Waals surface area contributed by atoms with Crippen LogP contribution in [-0.2, 0) is 6.54 Å². The Morgan fingerprint density at radius 1 is 1.12 bits per heavy atom. The van der Waals surface area contributed by atoms with Gasteiger partial charge in [0.1, 0.15) is 16.7 Å². The summed E-state index contributed by atoms with van der Waals surface area (Å²) in [6.07, 6.45) is 2.06. The SMILES string of the molecule is O=C(NCc1ccc(Cl)c(Oc2cccc3ccccc23)c1F)c1nc(C2CC2)[nH]c1Cl. The maximum atomic E-state index is 15.3. The highest BCUT2D eigenvalue weighted by molar-refractivity contribution is 6.32. The van der Waals surface area contributed by atoms with Gasteiger partial charge in [-0.2, -0.15) is 0 Å². The lowest BCUT2D eigenvalue weighted by Crippen LogP contribution is -2.24. The molecule has 0 aliphatic heterocycles. The van der Waals surface area contributed by atoms with E-state index in [0.717, 1.165) is 23.6 Å². The number of carbonyl (C=O) groups is 1. The molecule has 0 spiro atoms. The summed E-state index contributed by atoms with van der Waals surface area (Å²) in [6.45, 7) is -0.0737. The molecule has 5 rings (SSSR count). The van der Waals surface area contributed by atoms with Gasteiger partial charge in [0.25, 0.3) is 5.91 Å². The fraction of sp³-hybridized carbons (Fsp3) is 0.167. The van der Waals surface area contributed by atoms with Crippen LogP contribution in [0.2, 0.25) is 10.2 Å². The zero-order valence-electron chi connectivity index (χ0n) is 16.8. The number of nitrogens with zero attached hydrogens (tertiary/aromatic N) is 1. The van der Waals surface area contributed by atoms with Gasteiger partial charge in [-0.15, -0.1) is 0 Å². The average Bonchev–Trinajstić information content (AvgIpc) is 3.57. The van der Waals surface area contributed by atoms with Gasteiger partial charge < -0.3 is 15.0 Å². The summed E-state index contributed by atoms with van der Waals surface area (Å²) in [5.74, 6) is 0.311. The summed E-state index contributed by atoms with van der Waals surface area (Å²) in [5.41, 5.74) is 0.335. The Morgan fingerprint density at radius 2 is 1.91 bits per heavy atom. The van der Waals surface area contributed by atoms with E-state index in [-0.39, 0.29) is 33.7 Å². The van der Waals surface area contributed by atoms with Crippen LogP contribution < -0.4 is 10.1 Å². The number of ether oxygens (including phenoxy) is 1. The van der Waals surface area contributed by atoms with Crippen LogP contribution in [0.3, 0.4) is 0 Å². The number of nitrogens with one attached hydrogen (secondary N) is 2. The molecule has 2 N–H and O–H groups in total. The molecule has 162 valence electrons. The Labute approximate surface area is 193 Å². The van der Waals surface area contributed by atoms with E-state index in [9.17, 15) is 4.79 Å². The number of benzene rings is 3. The van der Waals surface area contributed by atoms with Gasteiger partial charge >= 0.3 is 0 Å². The molecule has 1 amide bonds. The molecule has 1 aromatic heterocycles. The lowest BCUT2D eigenvalue weighted by atomic mass is 10.1. The summed E-state index contributed by atoms with van der Waals surface area (Å²) in [7, 11) is 0. The second-order valence-corrected chi connectivity index (χ2v) is 8.46. The second kappa shape index (κ2) is 8.45. The molecule has 0 bridgehead atoms. The lowest BCUT2D eigenvalue weighted by Gasteiger charge is -2.14. The van der Waals surface area contributed by atoms with E-state index >= 15 is 4.39 Å². The number of hydrogen-bond acceptors (Lipinski definition) is 3. The molecule has 4 aromatic rings. The Hall–Kier alpha value is -3.09. The highest BCUT2D eigenvalue weighted by Crippen LogP contribution is 2.39. The van der Waals surface area contributed by atoms with Crippen molar-refractivity contribution in [1.29, 1.82) is 0 Å². The number of H-pyrrole nitrogens is 1. The summed E-state index contributed by atoms with van der Waals surface area (Å²) < 4.78 is 21.1. The predicted octanol–water partition coefficient (Wildman–Crippen LogP) is 6.61. The molecule has 3 aromatic carbocycles. The van der Waals surface area contributed by atoms with Gasteiger partial charge in [0.15, 0.2) is 17.3 Å². The van der Waals surface area contributed by atoms with Crippen LogP contribution >= 0.6 is 23.2 Å². The Bertz CT molecular complexity index is 1330. The molecule has 1 aliphatic rings. The van der Waals surface area contributed by atoms with E-state index in [2.05, 4.69) is 15.3 Å². The van der Waals surface area contributed by atoms with Crippen molar-refractivity contribution < 1.29 is 13.9 Å². The Morgan fingerprint density at radius 3 is 2.72 bits per heavy atom. The molecule has 0 atom stereocenters. The molecule has 1 saturated carbocycles. The molecule has 1 heterocycles. The third-order valence-electron chi connectivity index (χ3n) is 5.39. The number of aromatic amines is 1. The molecule has 1 aliphatic carbocycles. The number of aromatic nitrogens is 2. The van der Waals surface area contributed by atoms with Crippen LogP contribution in [-0.4, -0.2) is 15.9 Å². The highest BCUT2D eigenvalue weighted by Gasteiger charge is 2.29. The molecule has 8 heteroatoms. The average molecular weight is 470 g/mol. The summed E-state index contributed by atoms with van der Waals surface area (Å²) in [5, 5.41) is 4.78. The van der Waals surface area contributed by atoms with Crippen LogP contribution in [0, 0.1) is 5.82 Å². The third kappa shape index (κ3) is 4.04. The number of rotatable bonds is 6. The number of halogens is 3. The van der Waals surface area contributed by atoms with Gasteiger partial charge in [0.2, 0.25) is 0 Å². The summed E-state index contributed by atoms with van der Waals surface area (Å²) >= 11 is 12.4. The minimum atomic E-state index is -0.641. The quantitative estimate of drug-likeness (QED) is 0.333. The zero-order valence-corrected chi connectivity index (χ0v) is 18.3. The smallest absolute Gasteiger partial charge is 0.273 e. The first-order valence-electron chi connectivity index (χ1n) is 10.2. The van der Waals surface area contributed by atoms with Crippen LogP contribution in [0.4, 0.5) is 4.39 Å². The van der Waals surface area contributed by atoms with Gasteiger partial charge in [-0.05, 0) is 30.4 Å². The van der Waals surface area contributed by atoms with E-state index in [1.807, 2.05) is 36.4 Å². The monoisotopic (exact) mass is 469 g/mol. The van der Waals surface area contributed by atoms with Crippen LogP contribution in [0.1, 0.15) is 40.6 Å². The van der Waals surface area contributed by atoms with Gasteiger partial charge in [-0.3, -0.25) is 4.79 Å². The fourth-order valence-electron chi connectivity index (χ4n) is 3.53. The maximum absolute atomic E-state index is 15.3. The van der Waals surface area contributed by atoms with Gasteiger partial charge in [0.05, 0.1) is 5.02 Å². The van der Waals surface area contributed by atoms with Crippen molar-refractivity contribution in [1.82, 2.24) is 15.3 Å². The molecule has 0 saturated heterocycles. The zero-order chi connectivity index (χ0) is 22.2. The number of fused-ring (bicyclic) bond motifs is 1. The molecule has 0 unspecified atom stereocenters. The third-order valence-corrected chi connectivity index (χ3v) is 5.96. The summed E-state index contributed by atoms with van der Waals surface area (Å²) in [6, 6.07) is 16.2. The molecule has 32 heavy (non-hydrogen) atoms. The topological polar surface area (TPSA) is 67.0 Å². The van der Waals surface area contributed by atoms with Gasteiger partial charge in [0, 0.05) is 23.4 Å². The fourth-order valence-corrected chi connectivity index (χ4v) is 3.94. The Balaban J connectivity index is 1.37. The lowest BCUT2D eigenvalue weighted by molar-refractivity contribution is 0.0946. The maximum Gasteiger partial charge on any atom is 0.273 e. The van der Waals surface area contributed by atoms with Crippen molar-refractivity contribution in [2.45, 2.75) is 25.3 Å². The van der Waals surface area contributed by atoms with E-state index in [1.165, 1.54) is 6.07 Å². The largest absolute Gasteiger partial charge is 0.452 e. The molecule has 0 radical (unpaired) electrons. The van der Waals surface area contributed by atoms with Crippen molar-refractivity contribution in [2.24, 2.45) is 0 Å². The molecular formula is C24H18Cl2FN3O2. The minimum Gasteiger partial charge on any atom is -0.452 e. The number of hydrogen-bond donors (Lipinski definition) is 2. The Kier molecular flexibility index (Phi) is 5.49.